The molecule has 0 radical (unpaired) electrons. The minimum atomic E-state index is -3.68. The standard InChI is InChI=1S/C12H16FNO3S/c1-4-9(3)18(16,17)14-12(15)11-6-5-10(13)7-8(11)2/h5-7,9H,4H2,1-3H3,(H,14,15)/t9-/m1/s1. The lowest BCUT2D eigenvalue weighted by molar-refractivity contribution is 0.0980. The van der Waals surface area contributed by atoms with Gasteiger partial charge in [0.05, 0.1) is 5.25 Å². The van der Waals surface area contributed by atoms with Crippen molar-refractivity contribution in [1.29, 1.82) is 0 Å². The highest BCUT2D eigenvalue weighted by atomic mass is 32.2. The van der Waals surface area contributed by atoms with Gasteiger partial charge in [0.1, 0.15) is 5.82 Å². The van der Waals surface area contributed by atoms with Gasteiger partial charge in [-0.3, -0.25) is 4.79 Å². The van der Waals surface area contributed by atoms with Crippen molar-refractivity contribution < 1.29 is 17.6 Å². The number of hydrogen-bond acceptors (Lipinski definition) is 3. The summed E-state index contributed by atoms with van der Waals surface area (Å²) < 4.78 is 38.3. The minimum absolute atomic E-state index is 0.156. The van der Waals surface area contributed by atoms with E-state index in [9.17, 15) is 17.6 Å². The van der Waals surface area contributed by atoms with Gasteiger partial charge in [-0.25, -0.2) is 17.5 Å². The van der Waals surface area contributed by atoms with E-state index < -0.39 is 27.0 Å². The van der Waals surface area contributed by atoms with Crippen molar-refractivity contribution in [1.82, 2.24) is 4.72 Å². The largest absolute Gasteiger partial charge is 0.268 e. The molecule has 0 spiro atoms. The molecule has 1 amide bonds. The topological polar surface area (TPSA) is 63.2 Å². The summed E-state index contributed by atoms with van der Waals surface area (Å²) in [6.07, 6.45) is 0.408. The monoisotopic (exact) mass is 273 g/mol. The normalized spacial score (nSPS) is 13.1. The fraction of sp³-hybridized carbons (Fsp3) is 0.417. The first-order valence-electron chi connectivity index (χ1n) is 5.60. The smallest absolute Gasteiger partial charge is 0.265 e. The summed E-state index contributed by atoms with van der Waals surface area (Å²) in [6, 6.07) is 3.58. The molecule has 0 saturated carbocycles. The summed E-state index contributed by atoms with van der Waals surface area (Å²) in [5.74, 6) is -1.19. The Bertz CT molecular complexity index is 554. The van der Waals surface area contributed by atoms with E-state index in [0.717, 1.165) is 6.07 Å². The molecule has 1 aromatic carbocycles. The van der Waals surface area contributed by atoms with E-state index in [4.69, 9.17) is 0 Å². The van der Waals surface area contributed by atoms with Crippen molar-refractivity contribution in [2.24, 2.45) is 0 Å². The molecule has 0 aliphatic rings. The molecule has 0 bridgehead atoms. The number of carbonyl (C=O) groups excluding carboxylic acids is 1. The van der Waals surface area contributed by atoms with Crippen LogP contribution in [-0.2, 0) is 10.0 Å². The Kier molecular flexibility index (Phi) is 4.45. The second-order valence-electron chi connectivity index (χ2n) is 4.15. The molecule has 1 atom stereocenters. The lowest BCUT2D eigenvalue weighted by Crippen LogP contribution is -2.37. The van der Waals surface area contributed by atoms with Crippen molar-refractivity contribution in [3.8, 4) is 0 Å². The Morgan fingerprint density at radius 2 is 2.06 bits per heavy atom. The van der Waals surface area contributed by atoms with Crippen LogP contribution < -0.4 is 4.72 Å². The van der Waals surface area contributed by atoms with E-state index in [1.165, 1.54) is 19.1 Å². The summed E-state index contributed by atoms with van der Waals surface area (Å²) >= 11 is 0. The van der Waals surface area contributed by atoms with Crippen LogP contribution in [0.25, 0.3) is 0 Å². The summed E-state index contributed by atoms with van der Waals surface area (Å²) in [5, 5.41) is -0.651. The molecule has 0 unspecified atom stereocenters. The second kappa shape index (κ2) is 5.48. The number of sulfonamides is 1. The van der Waals surface area contributed by atoms with Gasteiger partial charge in [0.2, 0.25) is 10.0 Å². The third-order valence-corrected chi connectivity index (χ3v) is 4.64. The fourth-order valence-corrected chi connectivity index (χ4v) is 2.39. The molecule has 0 aliphatic heterocycles. The van der Waals surface area contributed by atoms with Gasteiger partial charge in [0.15, 0.2) is 0 Å². The molecular weight excluding hydrogens is 257 g/mol. The minimum Gasteiger partial charge on any atom is -0.268 e. The number of amides is 1. The van der Waals surface area contributed by atoms with Crippen molar-refractivity contribution in [3.63, 3.8) is 0 Å². The summed E-state index contributed by atoms with van der Waals surface area (Å²) in [7, 11) is -3.68. The Hall–Kier alpha value is -1.43. The first kappa shape index (κ1) is 14.6. The quantitative estimate of drug-likeness (QED) is 0.912. The van der Waals surface area contributed by atoms with E-state index in [1.807, 2.05) is 4.72 Å². The lowest BCUT2D eigenvalue weighted by atomic mass is 10.1. The van der Waals surface area contributed by atoms with E-state index >= 15 is 0 Å². The molecule has 0 saturated heterocycles. The molecule has 0 fully saturated rings. The van der Waals surface area contributed by atoms with Crippen LogP contribution in [0.4, 0.5) is 4.39 Å². The molecule has 1 N–H and O–H groups in total. The van der Waals surface area contributed by atoms with Gasteiger partial charge >= 0.3 is 0 Å². The molecule has 18 heavy (non-hydrogen) atoms. The van der Waals surface area contributed by atoms with E-state index in [0.29, 0.717) is 12.0 Å². The SMILES string of the molecule is CC[C@@H](C)S(=O)(=O)NC(=O)c1ccc(F)cc1C. The second-order valence-corrected chi connectivity index (χ2v) is 6.25. The number of hydrogen-bond donors (Lipinski definition) is 1. The maximum Gasteiger partial charge on any atom is 0.265 e. The number of benzene rings is 1. The van der Waals surface area contributed by atoms with Gasteiger partial charge in [0, 0.05) is 5.56 Å². The van der Waals surface area contributed by atoms with Crippen LogP contribution in [0.15, 0.2) is 18.2 Å². The van der Waals surface area contributed by atoms with Crippen molar-refractivity contribution in [3.05, 3.63) is 35.1 Å². The van der Waals surface area contributed by atoms with Crippen LogP contribution >= 0.6 is 0 Å². The predicted octanol–water partition coefficient (Wildman–Crippen LogP) is 1.99. The van der Waals surface area contributed by atoms with Crippen molar-refractivity contribution >= 4 is 15.9 Å². The van der Waals surface area contributed by atoms with Gasteiger partial charge in [-0.1, -0.05) is 6.92 Å². The highest BCUT2D eigenvalue weighted by Crippen LogP contribution is 2.11. The Morgan fingerprint density at radius 1 is 1.44 bits per heavy atom. The summed E-state index contributed by atoms with van der Waals surface area (Å²) in [5.41, 5.74) is 0.551. The molecule has 4 nitrogen and oxygen atoms in total. The van der Waals surface area contributed by atoms with Crippen LogP contribution in [0.3, 0.4) is 0 Å². The summed E-state index contributed by atoms with van der Waals surface area (Å²) in [4.78, 5) is 11.8. The fourth-order valence-electron chi connectivity index (χ4n) is 1.39. The average molecular weight is 273 g/mol. The lowest BCUT2D eigenvalue weighted by Gasteiger charge is -2.12. The maximum absolute atomic E-state index is 12.9. The van der Waals surface area contributed by atoms with Crippen LogP contribution in [-0.4, -0.2) is 19.6 Å². The van der Waals surface area contributed by atoms with Crippen LogP contribution in [0.5, 0.6) is 0 Å². The van der Waals surface area contributed by atoms with Crippen molar-refractivity contribution in [2.45, 2.75) is 32.4 Å². The summed E-state index contributed by atoms with van der Waals surface area (Å²) in [6.45, 7) is 4.79. The highest BCUT2D eigenvalue weighted by Gasteiger charge is 2.22. The maximum atomic E-state index is 12.9. The van der Waals surface area contributed by atoms with Crippen LogP contribution in [0, 0.1) is 12.7 Å². The van der Waals surface area contributed by atoms with Gasteiger partial charge in [-0.05, 0) is 44.0 Å². The van der Waals surface area contributed by atoms with Gasteiger partial charge < -0.3 is 0 Å². The van der Waals surface area contributed by atoms with Gasteiger partial charge in [0.25, 0.3) is 5.91 Å². The number of carbonyl (C=O) groups is 1. The first-order valence-corrected chi connectivity index (χ1v) is 7.14. The zero-order valence-corrected chi connectivity index (χ0v) is 11.3. The van der Waals surface area contributed by atoms with E-state index in [-0.39, 0.29) is 5.56 Å². The molecule has 0 heterocycles. The number of rotatable bonds is 4. The van der Waals surface area contributed by atoms with Crippen LogP contribution in [0.2, 0.25) is 0 Å². The third kappa shape index (κ3) is 3.29. The molecule has 100 valence electrons. The molecular formula is C12H16FNO3S. The Balaban J connectivity index is 2.96. The number of aryl methyl sites for hydroxylation is 1. The van der Waals surface area contributed by atoms with Gasteiger partial charge in [-0.15, -0.1) is 0 Å². The zero-order chi connectivity index (χ0) is 13.9. The molecule has 0 aromatic heterocycles. The van der Waals surface area contributed by atoms with Crippen molar-refractivity contribution in [2.75, 3.05) is 0 Å². The first-order chi connectivity index (χ1) is 8.27. The molecule has 1 aromatic rings. The third-order valence-electron chi connectivity index (χ3n) is 2.77. The Morgan fingerprint density at radius 3 is 2.56 bits per heavy atom. The van der Waals surface area contributed by atoms with E-state index in [1.54, 1.807) is 13.8 Å². The van der Waals surface area contributed by atoms with E-state index in [2.05, 4.69) is 0 Å². The highest BCUT2D eigenvalue weighted by molar-refractivity contribution is 7.90. The molecule has 0 aliphatic carbocycles. The Labute approximate surface area is 106 Å². The number of nitrogens with one attached hydrogen (secondary N) is 1. The average Bonchev–Trinajstić information content (AvgIpc) is 2.26. The predicted molar refractivity (Wildman–Crippen MR) is 67.3 cm³/mol. The molecule has 6 heteroatoms. The number of halogens is 1. The van der Waals surface area contributed by atoms with Crippen LogP contribution in [0.1, 0.15) is 36.2 Å². The zero-order valence-electron chi connectivity index (χ0n) is 10.5. The molecule has 1 rings (SSSR count). The van der Waals surface area contributed by atoms with Gasteiger partial charge in [-0.2, -0.15) is 0 Å².